The maximum Gasteiger partial charge on any atom is 0.415 e. The Morgan fingerprint density at radius 3 is 2.43 bits per heavy atom. The Bertz CT molecular complexity index is 1720. The molecule has 250 valence electrons. The molecule has 3 aliphatic rings. The fourth-order valence-electron chi connectivity index (χ4n) is 6.48. The average Bonchev–Trinajstić information content (AvgIpc) is 3.84. The van der Waals surface area contributed by atoms with E-state index in [2.05, 4.69) is 22.3 Å². The molecule has 0 aromatic heterocycles. The van der Waals surface area contributed by atoms with Gasteiger partial charge in [-0.25, -0.2) is 22.7 Å². The van der Waals surface area contributed by atoms with Gasteiger partial charge in [0.1, 0.15) is 17.2 Å². The summed E-state index contributed by atoms with van der Waals surface area (Å²) in [4.78, 5) is 29.5. The van der Waals surface area contributed by atoms with Crippen LogP contribution in [0.15, 0.2) is 60.7 Å². The van der Waals surface area contributed by atoms with Crippen molar-refractivity contribution in [2.75, 3.05) is 43.4 Å². The third kappa shape index (κ3) is 7.94. The SMILES string of the molecule is CCOc1cc(-c2ccc(F)cc2)c(C2CC2)cc1CN1CCC2(CC1)CN(c1ccc(C(=O)NCCCS(N)(=O)=O)cc1)C(=O)O2. The summed E-state index contributed by atoms with van der Waals surface area (Å²) < 4.78 is 47.9. The Hall–Kier alpha value is -4.00. The number of hydrogen-bond acceptors (Lipinski definition) is 7. The number of amides is 2. The standard InChI is InChI=1S/C35H41FN4O6S/c1-2-45-32-21-31(25-6-10-28(36)11-7-25)30(24-4-5-24)20-27(32)22-39-17-14-35(15-18-39)23-40(34(42)46-35)29-12-8-26(9-13-29)33(41)38-16-3-19-47(37,43)44/h6-13,20-21,24H,2-5,14-19,22-23H2,1H3,(H,38,41)(H2,37,43,44). The number of ether oxygens (including phenoxy) is 2. The van der Waals surface area contributed by atoms with Crippen LogP contribution >= 0.6 is 0 Å². The molecular weight excluding hydrogens is 623 g/mol. The number of likely N-dealkylation sites (tertiary alicyclic amines) is 1. The molecule has 6 rings (SSSR count). The number of nitrogens with one attached hydrogen (secondary N) is 1. The summed E-state index contributed by atoms with van der Waals surface area (Å²) in [7, 11) is -3.57. The first kappa shape index (κ1) is 32.9. The molecule has 3 fully saturated rings. The molecule has 0 atom stereocenters. The normalized spacial score (nSPS) is 17.9. The minimum Gasteiger partial charge on any atom is -0.494 e. The van der Waals surface area contributed by atoms with Crippen LogP contribution in [0.5, 0.6) is 5.75 Å². The fraction of sp³-hybridized carbons (Fsp3) is 0.429. The van der Waals surface area contributed by atoms with E-state index in [9.17, 15) is 22.4 Å². The molecule has 3 aromatic carbocycles. The van der Waals surface area contributed by atoms with Gasteiger partial charge < -0.3 is 14.8 Å². The summed E-state index contributed by atoms with van der Waals surface area (Å²) in [6, 6.07) is 17.8. The first-order valence-corrected chi connectivity index (χ1v) is 17.9. The van der Waals surface area contributed by atoms with E-state index in [0.29, 0.717) is 43.2 Å². The van der Waals surface area contributed by atoms with Crippen LogP contribution < -0.4 is 20.1 Å². The highest BCUT2D eigenvalue weighted by Gasteiger charge is 2.47. The Morgan fingerprint density at radius 1 is 1.09 bits per heavy atom. The molecule has 3 N–H and O–H groups in total. The van der Waals surface area contributed by atoms with Crippen LogP contribution in [0.1, 0.15) is 66.4 Å². The molecule has 2 amide bonds. The van der Waals surface area contributed by atoms with Gasteiger partial charge in [0, 0.05) is 55.8 Å². The summed E-state index contributed by atoms with van der Waals surface area (Å²) >= 11 is 0. The van der Waals surface area contributed by atoms with E-state index in [1.807, 2.05) is 19.1 Å². The van der Waals surface area contributed by atoms with Crippen molar-refractivity contribution in [2.45, 2.75) is 57.1 Å². The highest BCUT2D eigenvalue weighted by Crippen LogP contribution is 2.47. The number of nitrogens with zero attached hydrogens (tertiary/aromatic N) is 2. The zero-order valence-corrected chi connectivity index (χ0v) is 27.4. The first-order chi connectivity index (χ1) is 22.5. The molecule has 12 heteroatoms. The van der Waals surface area contributed by atoms with Gasteiger partial charge in [0.05, 0.1) is 18.9 Å². The number of nitrogens with two attached hydrogens (primary N) is 1. The monoisotopic (exact) mass is 664 g/mol. The molecule has 2 saturated heterocycles. The van der Waals surface area contributed by atoms with Gasteiger partial charge in [-0.1, -0.05) is 12.1 Å². The van der Waals surface area contributed by atoms with E-state index in [1.54, 1.807) is 29.2 Å². The molecule has 0 radical (unpaired) electrons. The zero-order valence-electron chi connectivity index (χ0n) is 26.5. The molecular formula is C35H41FN4O6S. The van der Waals surface area contributed by atoms with Crippen LogP contribution in [0.3, 0.4) is 0 Å². The summed E-state index contributed by atoms with van der Waals surface area (Å²) in [5, 5.41) is 7.68. The predicted octanol–water partition coefficient (Wildman–Crippen LogP) is 5.17. The largest absolute Gasteiger partial charge is 0.494 e. The summed E-state index contributed by atoms with van der Waals surface area (Å²) in [6.07, 6.45) is 3.51. The molecule has 1 saturated carbocycles. The van der Waals surface area contributed by atoms with Gasteiger partial charge in [-0.15, -0.1) is 0 Å². The van der Waals surface area contributed by atoms with Crippen molar-refractivity contribution < 1.29 is 31.9 Å². The van der Waals surface area contributed by atoms with Crippen molar-refractivity contribution in [3.05, 3.63) is 83.2 Å². The molecule has 3 aromatic rings. The lowest BCUT2D eigenvalue weighted by molar-refractivity contribution is -0.00112. The van der Waals surface area contributed by atoms with Crippen LogP contribution in [-0.4, -0.2) is 69.5 Å². The third-order valence-corrected chi connectivity index (χ3v) is 10.0. The number of rotatable bonds is 12. The maximum atomic E-state index is 13.7. The zero-order chi connectivity index (χ0) is 33.2. The van der Waals surface area contributed by atoms with E-state index in [1.165, 1.54) is 17.7 Å². The van der Waals surface area contributed by atoms with Crippen molar-refractivity contribution >= 4 is 27.7 Å². The Labute approximate surface area is 275 Å². The minimum atomic E-state index is -3.57. The quantitative estimate of drug-likeness (QED) is 0.256. The Kier molecular flexibility index (Phi) is 9.54. The number of halogens is 1. The van der Waals surface area contributed by atoms with Gasteiger partial charge in [0.15, 0.2) is 0 Å². The number of anilines is 1. The maximum absolute atomic E-state index is 13.7. The van der Waals surface area contributed by atoms with Gasteiger partial charge in [-0.2, -0.15) is 0 Å². The summed E-state index contributed by atoms with van der Waals surface area (Å²) in [5.74, 6) is 0.559. The van der Waals surface area contributed by atoms with Gasteiger partial charge in [0.25, 0.3) is 5.91 Å². The Morgan fingerprint density at radius 2 is 1.79 bits per heavy atom. The van der Waals surface area contributed by atoms with E-state index >= 15 is 0 Å². The third-order valence-electron chi connectivity index (χ3n) is 9.17. The highest BCUT2D eigenvalue weighted by molar-refractivity contribution is 7.89. The van der Waals surface area contributed by atoms with Crippen molar-refractivity contribution in [2.24, 2.45) is 5.14 Å². The molecule has 47 heavy (non-hydrogen) atoms. The number of piperidine rings is 1. The number of hydrogen-bond donors (Lipinski definition) is 2. The molecule has 0 bridgehead atoms. The van der Waals surface area contributed by atoms with E-state index in [-0.39, 0.29) is 30.4 Å². The lowest BCUT2D eigenvalue weighted by Gasteiger charge is -2.37. The molecule has 10 nitrogen and oxygen atoms in total. The number of carbonyl (C=O) groups excluding carboxylic acids is 2. The van der Waals surface area contributed by atoms with Crippen molar-refractivity contribution in [3.63, 3.8) is 0 Å². The van der Waals surface area contributed by atoms with E-state index in [0.717, 1.165) is 54.9 Å². The van der Waals surface area contributed by atoms with Crippen LogP contribution in [0.4, 0.5) is 14.9 Å². The molecule has 1 spiro atoms. The molecule has 2 aliphatic heterocycles. The van der Waals surface area contributed by atoms with Crippen molar-refractivity contribution in [1.82, 2.24) is 10.2 Å². The summed E-state index contributed by atoms with van der Waals surface area (Å²) in [5.41, 5.74) is 4.98. The second kappa shape index (κ2) is 13.6. The Balaban J connectivity index is 1.08. The smallest absolute Gasteiger partial charge is 0.415 e. The van der Waals surface area contributed by atoms with E-state index < -0.39 is 21.7 Å². The molecule has 2 heterocycles. The van der Waals surface area contributed by atoms with Crippen molar-refractivity contribution in [3.8, 4) is 16.9 Å². The number of sulfonamides is 1. The number of benzene rings is 3. The van der Waals surface area contributed by atoms with Crippen LogP contribution in [0.25, 0.3) is 11.1 Å². The second-order valence-corrected chi connectivity index (χ2v) is 14.4. The molecule has 0 unspecified atom stereocenters. The summed E-state index contributed by atoms with van der Waals surface area (Å²) in [6.45, 7) is 5.38. The molecule has 1 aliphatic carbocycles. The van der Waals surface area contributed by atoms with Gasteiger partial charge in [0.2, 0.25) is 10.0 Å². The average molecular weight is 665 g/mol. The topological polar surface area (TPSA) is 131 Å². The second-order valence-electron chi connectivity index (χ2n) is 12.7. The van der Waals surface area contributed by atoms with Crippen LogP contribution in [0, 0.1) is 5.82 Å². The van der Waals surface area contributed by atoms with Gasteiger partial charge in [-0.3, -0.25) is 14.6 Å². The lowest BCUT2D eigenvalue weighted by Crippen LogP contribution is -2.46. The number of primary sulfonamides is 1. The van der Waals surface area contributed by atoms with Gasteiger partial charge in [-0.05, 0) is 97.3 Å². The fourth-order valence-corrected chi connectivity index (χ4v) is 7.03. The van der Waals surface area contributed by atoms with E-state index in [4.69, 9.17) is 14.6 Å². The lowest BCUT2D eigenvalue weighted by atomic mass is 9.90. The van der Waals surface area contributed by atoms with Gasteiger partial charge >= 0.3 is 6.09 Å². The minimum absolute atomic E-state index is 0.185. The predicted molar refractivity (Wildman–Crippen MR) is 177 cm³/mol. The number of carbonyl (C=O) groups is 2. The van der Waals surface area contributed by atoms with Crippen LogP contribution in [-0.2, 0) is 21.3 Å². The first-order valence-electron chi connectivity index (χ1n) is 16.2. The van der Waals surface area contributed by atoms with Crippen molar-refractivity contribution in [1.29, 1.82) is 0 Å². The highest BCUT2D eigenvalue weighted by atomic mass is 32.2. The van der Waals surface area contributed by atoms with Crippen LogP contribution in [0.2, 0.25) is 0 Å².